The Morgan fingerprint density at radius 3 is 2.33 bits per heavy atom. The van der Waals surface area contributed by atoms with Crippen molar-refractivity contribution in [3.8, 4) is 0 Å². The molecule has 0 saturated heterocycles. The Morgan fingerprint density at radius 1 is 1.07 bits per heavy atom. The van der Waals surface area contributed by atoms with Crippen molar-refractivity contribution in [2.75, 3.05) is 0 Å². The van der Waals surface area contributed by atoms with Gasteiger partial charge in [-0.25, -0.2) is 4.39 Å². The molecule has 0 aliphatic heterocycles. The second-order valence-electron chi connectivity index (χ2n) is 6.50. The van der Waals surface area contributed by atoms with Gasteiger partial charge in [0.2, 0.25) is 5.91 Å². The molecule has 0 bridgehead atoms. The fourth-order valence-corrected chi connectivity index (χ4v) is 3.26. The maximum atomic E-state index is 13.7. The Hall–Kier alpha value is -3.28. The summed E-state index contributed by atoms with van der Waals surface area (Å²) in [6.07, 6.45) is 3.33. The molecule has 6 heteroatoms. The van der Waals surface area contributed by atoms with E-state index in [9.17, 15) is 9.18 Å². The third-order valence-electron chi connectivity index (χ3n) is 4.62. The highest BCUT2D eigenvalue weighted by atomic mass is 19.1. The van der Waals surface area contributed by atoms with Gasteiger partial charge in [-0.05, 0) is 55.0 Å². The Kier molecular flexibility index (Phi) is 4.54. The third kappa shape index (κ3) is 3.65. The second-order valence-corrected chi connectivity index (χ2v) is 6.50. The molecule has 0 radical (unpaired) electrons. The van der Waals surface area contributed by atoms with E-state index in [1.54, 1.807) is 35.6 Å². The van der Waals surface area contributed by atoms with E-state index < -0.39 is 0 Å². The van der Waals surface area contributed by atoms with E-state index in [1.807, 2.05) is 19.1 Å². The molecule has 0 atom stereocenters. The van der Waals surface area contributed by atoms with Gasteiger partial charge in [0.1, 0.15) is 17.3 Å². The van der Waals surface area contributed by atoms with Crippen LogP contribution >= 0.6 is 0 Å². The average Bonchev–Trinajstić information content (AvgIpc) is 3.38. The maximum Gasteiger partial charge on any atom is 0.227 e. The quantitative estimate of drug-likeness (QED) is 0.544. The molecule has 0 saturated carbocycles. The molecule has 0 aliphatic carbocycles. The van der Waals surface area contributed by atoms with Gasteiger partial charge in [0, 0.05) is 16.6 Å². The number of carbonyl (C=O) groups excluding carboxylic acids is 1. The summed E-state index contributed by atoms with van der Waals surface area (Å²) in [5.41, 5.74) is 2.48. The summed E-state index contributed by atoms with van der Waals surface area (Å²) in [6.45, 7) is 2.56. The van der Waals surface area contributed by atoms with E-state index in [1.165, 1.54) is 12.1 Å². The molecule has 3 aromatic heterocycles. The minimum atomic E-state index is -0.321. The monoisotopic (exact) mass is 366 g/mol. The highest BCUT2D eigenvalue weighted by Gasteiger charge is 2.20. The zero-order valence-electron chi connectivity index (χ0n) is 14.9. The number of hydrogen-bond donors (Lipinski definition) is 1. The summed E-state index contributed by atoms with van der Waals surface area (Å²) in [6, 6.07) is 11.8. The van der Waals surface area contributed by atoms with Crippen molar-refractivity contribution in [3.63, 3.8) is 0 Å². The number of H-pyrrole nitrogens is 1. The van der Waals surface area contributed by atoms with Crippen LogP contribution in [0.3, 0.4) is 0 Å². The largest absolute Gasteiger partial charge is 0.467 e. The Bertz CT molecular complexity index is 1010. The summed E-state index contributed by atoms with van der Waals surface area (Å²) < 4.78 is 24.5. The number of rotatable bonds is 6. The number of nitrogens with zero attached hydrogens (tertiary/aromatic N) is 1. The van der Waals surface area contributed by atoms with E-state index in [0.29, 0.717) is 24.6 Å². The molecule has 5 nitrogen and oxygen atoms in total. The molecule has 27 heavy (non-hydrogen) atoms. The fraction of sp³-hybridized carbons (Fsp3) is 0.190. The molecular formula is C21H19FN2O3. The molecule has 1 aromatic carbocycles. The molecule has 3 heterocycles. The molecule has 1 amide bonds. The molecular weight excluding hydrogens is 347 g/mol. The van der Waals surface area contributed by atoms with Crippen LogP contribution in [-0.2, 0) is 24.3 Å². The van der Waals surface area contributed by atoms with Crippen molar-refractivity contribution < 1.29 is 18.0 Å². The molecule has 0 unspecified atom stereocenters. The summed E-state index contributed by atoms with van der Waals surface area (Å²) in [5, 5.41) is 0.733. The van der Waals surface area contributed by atoms with Crippen molar-refractivity contribution >= 4 is 16.8 Å². The third-order valence-corrected chi connectivity index (χ3v) is 4.62. The van der Waals surface area contributed by atoms with Crippen LogP contribution in [0.1, 0.15) is 22.8 Å². The first-order valence-electron chi connectivity index (χ1n) is 8.69. The van der Waals surface area contributed by atoms with Gasteiger partial charge < -0.3 is 18.7 Å². The SMILES string of the molecule is Cc1[nH]c2ccc(F)cc2c1CC(=O)N(Cc1ccco1)Cc1ccco1. The summed E-state index contributed by atoms with van der Waals surface area (Å²) in [4.78, 5) is 18.0. The molecule has 138 valence electrons. The first kappa shape index (κ1) is 17.1. The van der Waals surface area contributed by atoms with Gasteiger partial charge >= 0.3 is 0 Å². The number of fused-ring (bicyclic) bond motifs is 1. The molecule has 0 spiro atoms. The topological polar surface area (TPSA) is 62.4 Å². The lowest BCUT2D eigenvalue weighted by molar-refractivity contribution is -0.132. The minimum Gasteiger partial charge on any atom is -0.467 e. The molecule has 4 aromatic rings. The number of furan rings is 2. The average molecular weight is 366 g/mol. The normalized spacial score (nSPS) is 11.2. The number of aromatic nitrogens is 1. The van der Waals surface area contributed by atoms with E-state index in [4.69, 9.17) is 8.83 Å². The van der Waals surface area contributed by atoms with Gasteiger partial charge in [0.05, 0.1) is 32.0 Å². The number of aryl methyl sites for hydroxylation is 1. The minimum absolute atomic E-state index is 0.0870. The lowest BCUT2D eigenvalue weighted by atomic mass is 10.1. The van der Waals surface area contributed by atoms with E-state index in [0.717, 1.165) is 22.2 Å². The van der Waals surface area contributed by atoms with Crippen molar-refractivity contribution in [1.82, 2.24) is 9.88 Å². The van der Waals surface area contributed by atoms with Gasteiger partial charge in [-0.15, -0.1) is 0 Å². The van der Waals surface area contributed by atoms with Crippen LogP contribution in [0, 0.1) is 12.7 Å². The van der Waals surface area contributed by atoms with Gasteiger partial charge in [-0.1, -0.05) is 0 Å². The highest BCUT2D eigenvalue weighted by Crippen LogP contribution is 2.24. The number of amides is 1. The van der Waals surface area contributed by atoms with Gasteiger partial charge in [0.15, 0.2) is 0 Å². The van der Waals surface area contributed by atoms with Crippen molar-refractivity contribution in [2.45, 2.75) is 26.4 Å². The van der Waals surface area contributed by atoms with E-state index in [-0.39, 0.29) is 18.1 Å². The van der Waals surface area contributed by atoms with Gasteiger partial charge in [-0.3, -0.25) is 4.79 Å². The number of halogens is 1. The predicted molar refractivity (Wildman–Crippen MR) is 98.4 cm³/mol. The zero-order chi connectivity index (χ0) is 18.8. The first-order chi connectivity index (χ1) is 13.1. The Balaban J connectivity index is 1.61. The number of aromatic amines is 1. The van der Waals surface area contributed by atoms with Crippen molar-refractivity contribution in [3.05, 3.63) is 83.6 Å². The lowest BCUT2D eigenvalue weighted by Crippen LogP contribution is -2.31. The summed E-state index contributed by atoms with van der Waals surface area (Å²) in [5.74, 6) is 0.975. The van der Waals surface area contributed by atoms with Crippen LogP contribution < -0.4 is 0 Å². The molecule has 0 fully saturated rings. The summed E-state index contributed by atoms with van der Waals surface area (Å²) in [7, 11) is 0. The fourth-order valence-electron chi connectivity index (χ4n) is 3.26. The number of benzene rings is 1. The number of hydrogen-bond acceptors (Lipinski definition) is 3. The van der Waals surface area contributed by atoms with Crippen LogP contribution in [-0.4, -0.2) is 15.8 Å². The van der Waals surface area contributed by atoms with Crippen LogP contribution in [0.15, 0.2) is 63.8 Å². The number of nitrogens with one attached hydrogen (secondary N) is 1. The smallest absolute Gasteiger partial charge is 0.227 e. The maximum absolute atomic E-state index is 13.7. The van der Waals surface area contributed by atoms with Crippen molar-refractivity contribution in [1.29, 1.82) is 0 Å². The van der Waals surface area contributed by atoms with Gasteiger partial charge in [-0.2, -0.15) is 0 Å². The molecule has 4 rings (SSSR count). The lowest BCUT2D eigenvalue weighted by Gasteiger charge is -2.21. The first-order valence-corrected chi connectivity index (χ1v) is 8.69. The van der Waals surface area contributed by atoms with Crippen LogP contribution in [0.25, 0.3) is 10.9 Å². The second kappa shape index (κ2) is 7.15. The van der Waals surface area contributed by atoms with Crippen molar-refractivity contribution in [2.24, 2.45) is 0 Å². The number of carbonyl (C=O) groups is 1. The van der Waals surface area contributed by atoms with Crippen LogP contribution in [0.4, 0.5) is 4.39 Å². The predicted octanol–water partition coefficient (Wildman–Crippen LogP) is 4.57. The summed E-state index contributed by atoms with van der Waals surface area (Å²) >= 11 is 0. The zero-order valence-corrected chi connectivity index (χ0v) is 14.9. The Morgan fingerprint density at radius 2 is 1.74 bits per heavy atom. The van der Waals surface area contributed by atoms with Crippen LogP contribution in [0.2, 0.25) is 0 Å². The van der Waals surface area contributed by atoms with E-state index >= 15 is 0 Å². The molecule has 0 aliphatic rings. The van der Waals surface area contributed by atoms with Crippen LogP contribution in [0.5, 0.6) is 0 Å². The highest BCUT2D eigenvalue weighted by molar-refractivity contribution is 5.90. The Labute approximate surface area is 155 Å². The van der Waals surface area contributed by atoms with Gasteiger partial charge in [0.25, 0.3) is 0 Å². The van der Waals surface area contributed by atoms with E-state index in [2.05, 4.69) is 4.98 Å². The molecule has 1 N–H and O–H groups in total. The standard InChI is InChI=1S/C21H19FN2O3/c1-14-18(19-10-15(22)6-7-20(19)23-14)11-21(25)24(12-16-4-2-8-26-16)13-17-5-3-9-27-17/h2-10,23H,11-13H2,1H3.